The van der Waals surface area contributed by atoms with Crippen LogP contribution in [0, 0.1) is 0 Å². The lowest BCUT2D eigenvalue weighted by atomic mass is 9.86. The van der Waals surface area contributed by atoms with E-state index in [1.807, 2.05) is 25.1 Å². The number of anilines is 1. The zero-order valence-corrected chi connectivity index (χ0v) is 9.41. The Morgan fingerprint density at radius 1 is 1.41 bits per heavy atom. The molecule has 17 heavy (non-hydrogen) atoms. The Morgan fingerprint density at radius 2 is 2.18 bits per heavy atom. The fourth-order valence-electron chi connectivity index (χ4n) is 2.83. The van der Waals surface area contributed by atoms with Gasteiger partial charge in [-0.05, 0) is 23.3 Å². The second-order valence-corrected chi connectivity index (χ2v) is 4.74. The zero-order chi connectivity index (χ0) is 12.2. The van der Waals surface area contributed by atoms with Crippen LogP contribution in [0.15, 0.2) is 18.2 Å². The monoisotopic (exact) mass is 231 g/mol. The van der Waals surface area contributed by atoms with E-state index >= 15 is 0 Å². The Morgan fingerprint density at radius 3 is 2.82 bits per heavy atom. The molecule has 2 aliphatic rings. The fourth-order valence-corrected chi connectivity index (χ4v) is 2.83. The second-order valence-electron chi connectivity index (χ2n) is 4.74. The first-order valence-corrected chi connectivity index (χ1v) is 5.55. The van der Waals surface area contributed by atoms with Crippen molar-refractivity contribution < 1.29 is 9.59 Å². The van der Waals surface area contributed by atoms with Crippen LogP contribution in [0.25, 0.3) is 0 Å². The van der Waals surface area contributed by atoms with Crippen molar-refractivity contribution in [2.75, 3.05) is 5.73 Å². The molecule has 0 radical (unpaired) electrons. The number of hydrogen-bond donors (Lipinski definition) is 3. The highest BCUT2D eigenvalue weighted by Crippen LogP contribution is 2.42. The molecular weight excluding hydrogens is 218 g/mol. The van der Waals surface area contributed by atoms with Gasteiger partial charge in [0.25, 0.3) is 5.91 Å². The van der Waals surface area contributed by atoms with Crippen molar-refractivity contribution >= 4 is 17.6 Å². The maximum Gasteiger partial charge on any atom is 0.322 e. The van der Waals surface area contributed by atoms with Gasteiger partial charge >= 0.3 is 6.03 Å². The first-order valence-electron chi connectivity index (χ1n) is 5.55. The fraction of sp³-hybridized carbons (Fsp3) is 0.333. The number of nitrogens with one attached hydrogen (secondary N) is 2. The van der Waals surface area contributed by atoms with Crippen molar-refractivity contribution in [2.45, 2.75) is 24.8 Å². The number of urea groups is 1. The zero-order valence-electron chi connectivity index (χ0n) is 9.41. The Bertz CT molecular complexity index is 541. The molecule has 3 amide bonds. The van der Waals surface area contributed by atoms with Crippen LogP contribution in [0.5, 0.6) is 0 Å². The first kappa shape index (κ1) is 10.1. The number of amides is 3. The minimum absolute atomic E-state index is 0.0625. The summed E-state index contributed by atoms with van der Waals surface area (Å²) in [7, 11) is 0. The lowest BCUT2D eigenvalue weighted by Crippen LogP contribution is -2.49. The molecule has 1 aromatic carbocycles. The molecule has 1 spiro atoms. The van der Waals surface area contributed by atoms with E-state index in [0.717, 1.165) is 11.1 Å². The molecule has 1 fully saturated rings. The van der Waals surface area contributed by atoms with Gasteiger partial charge in [0, 0.05) is 18.0 Å². The summed E-state index contributed by atoms with van der Waals surface area (Å²) in [5, 5.41) is 5.06. The molecule has 3 rings (SSSR count). The van der Waals surface area contributed by atoms with Crippen molar-refractivity contribution in [1.29, 1.82) is 0 Å². The second kappa shape index (κ2) is 3.00. The standard InChI is InChI=1S/C12H13N3O2/c1-6-9-4-8(13)3-2-7(9)5-12(6)10(16)14-11(17)15-12/h2-4,6H,5,13H2,1H3,(H2,14,15,16,17). The minimum atomic E-state index is -0.826. The van der Waals surface area contributed by atoms with Crippen LogP contribution >= 0.6 is 0 Å². The molecule has 88 valence electrons. The molecule has 5 heteroatoms. The summed E-state index contributed by atoms with van der Waals surface area (Å²) >= 11 is 0. The largest absolute Gasteiger partial charge is 0.399 e. The summed E-state index contributed by atoms with van der Waals surface area (Å²) in [5.41, 5.74) is 7.72. The van der Waals surface area contributed by atoms with E-state index in [-0.39, 0.29) is 11.8 Å². The third-order valence-corrected chi connectivity index (χ3v) is 3.81. The summed E-state index contributed by atoms with van der Waals surface area (Å²) in [5.74, 6) is -0.308. The Hall–Kier alpha value is -2.04. The van der Waals surface area contributed by atoms with Gasteiger partial charge in [-0.15, -0.1) is 0 Å². The molecule has 1 saturated heterocycles. The number of imide groups is 1. The molecule has 2 atom stereocenters. The van der Waals surface area contributed by atoms with E-state index in [9.17, 15) is 9.59 Å². The maximum absolute atomic E-state index is 11.9. The van der Waals surface area contributed by atoms with Crippen molar-refractivity contribution in [3.63, 3.8) is 0 Å². The number of benzene rings is 1. The molecule has 0 aromatic heterocycles. The van der Waals surface area contributed by atoms with Gasteiger partial charge in [-0.2, -0.15) is 0 Å². The van der Waals surface area contributed by atoms with Crippen LogP contribution in [0.1, 0.15) is 24.0 Å². The lowest BCUT2D eigenvalue weighted by Gasteiger charge is -2.25. The van der Waals surface area contributed by atoms with E-state index in [0.29, 0.717) is 12.1 Å². The van der Waals surface area contributed by atoms with Crippen molar-refractivity contribution in [2.24, 2.45) is 0 Å². The van der Waals surface area contributed by atoms with Crippen LogP contribution in [-0.4, -0.2) is 17.5 Å². The van der Waals surface area contributed by atoms with E-state index in [1.165, 1.54) is 0 Å². The molecule has 5 nitrogen and oxygen atoms in total. The molecule has 0 bridgehead atoms. The van der Waals surface area contributed by atoms with Crippen LogP contribution in [-0.2, 0) is 11.2 Å². The molecule has 0 saturated carbocycles. The maximum atomic E-state index is 11.9. The molecule has 1 aliphatic heterocycles. The van der Waals surface area contributed by atoms with E-state index in [1.54, 1.807) is 0 Å². The summed E-state index contributed by atoms with van der Waals surface area (Å²) in [6.07, 6.45) is 0.529. The number of carbonyl (C=O) groups excluding carboxylic acids is 2. The number of nitrogen functional groups attached to an aromatic ring is 1. The molecule has 1 aromatic rings. The van der Waals surface area contributed by atoms with Crippen molar-refractivity contribution in [3.05, 3.63) is 29.3 Å². The van der Waals surface area contributed by atoms with Crippen LogP contribution in [0.2, 0.25) is 0 Å². The van der Waals surface area contributed by atoms with Crippen LogP contribution in [0.3, 0.4) is 0 Å². The van der Waals surface area contributed by atoms with E-state index in [2.05, 4.69) is 10.6 Å². The smallest absolute Gasteiger partial charge is 0.322 e. The van der Waals surface area contributed by atoms with Gasteiger partial charge in [0.1, 0.15) is 5.54 Å². The van der Waals surface area contributed by atoms with Gasteiger partial charge < -0.3 is 11.1 Å². The van der Waals surface area contributed by atoms with Crippen LogP contribution in [0.4, 0.5) is 10.5 Å². The lowest BCUT2D eigenvalue weighted by molar-refractivity contribution is -0.124. The Labute approximate surface area is 98.4 Å². The quantitative estimate of drug-likeness (QED) is 0.449. The van der Waals surface area contributed by atoms with Gasteiger partial charge in [0.05, 0.1) is 0 Å². The van der Waals surface area contributed by atoms with Gasteiger partial charge in [0.15, 0.2) is 0 Å². The molecule has 1 aliphatic carbocycles. The van der Waals surface area contributed by atoms with Gasteiger partial charge in [-0.1, -0.05) is 13.0 Å². The highest BCUT2D eigenvalue weighted by Gasteiger charge is 2.54. The molecule has 1 heterocycles. The average molecular weight is 231 g/mol. The van der Waals surface area contributed by atoms with Gasteiger partial charge in [-0.25, -0.2) is 4.79 Å². The Balaban J connectivity index is 2.10. The molecule has 4 N–H and O–H groups in total. The third-order valence-electron chi connectivity index (χ3n) is 3.81. The number of carbonyl (C=O) groups is 2. The molecular formula is C12H13N3O2. The van der Waals surface area contributed by atoms with E-state index in [4.69, 9.17) is 5.73 Å². The molecule has 2 unspecified atom stereocenters. The highest BCUT2D eigenvalue weighted by atomic mass is 16.2. The van der Waals surface area contributed by atoms with Crippen molar-refractivity contribution in [1.82, 2.24) is 10.6 Å². The average Bonchev–Trinajstić information content (AvgIpc) is 2.69. The predicted molar refractivity (Wildman–Crippen MR) is 62.4 cm³/mol. The summed E-state index contributed by atoms with van der Waals surface area (Å²) in [6, 6.07) is 5.21. The number of hydrogen-bond acceptors (Lipinski definition) is 3. The normalized spacial score (nSPS) is 30.3. The highest BCUT2D eigenvalue weighted by molar-refractivity contribution is 6.08. The number of fused-ring (bicyclic) bond motifs is 1. The summed E-state index contributed by atoms with van der Waals surface area (Å²) < 4.78 is 0. The number of nitrogens with two attached hydrogens (primary N) is 1. The first-order chi connectivity index (χ1) is 8.03. The summed E-state index contributed by atoms with van der Waals surface area (Å²) in [4.78, 5) is 23.3. The number of rotatable bonds is 0. The predicted octanol–water partition coefficient (Wildman–Crippen LogP) is 0.507. The summed E-state index contributed by atoms with van der Waals surface area (Å²) in [6.45, 7) is 1.94. The van der Waals surface area contributed by atoms with Gasteiger partial charge in [0.2, 0.25) is 0 Å². The third kappa shape index (κ3) is 1.19. The van der Waals surface area contributed by atoms with E-state index < -0.39 is 11.6 Å². The van der Waals surface area contributed by atoms with Gasteiger partial charge in [-0.3, -0.25) is 10.1 Å². The SMILES string of the molecule is CC1c2cc(N)ccc2CC12NC(=O)NC2=O. The topological polar surface area (TPSA) is 84.2 Å². The van der Waals surface area contributed by atoms with Crippen LogP contribution < -0.4 is 16.4 Å². The van der Waals surface area contributed by atoms with Crippen molar-refractivity contribution in [3.8, 4) is 0 Å². The minimum Gasteiger partial charge on any atom is -0.399 e. The Kier molecular flexibility index (Phi) is 1.79.